The Morgan fingerprint density at radius 3 is 2.70 bits per heavy atom. The Labute approximate surface area is 114 Å². The number of anilines is 1. The molecule has 1 saturated heterocycles. The number of halogens is 2. The summed E-state index contributed by atoms with van der Waals surface area (Å²) in [5.41, 5.74) is 4.30. The van der Waals surface area contributed by atoms with E-state index in [1.54, 1.807) is 0 Å². The number of benzene rings is 1. The standard InChI is InChI=1S/C11H13F2N3O3S/c1-6-11(17)15-4-5-16(6)20(18,19)8-3-2-7(12)10(14)9(8)13/h2-3,6H,4-5,14H2,1H3,(H,15,17). The van der Waals surface area contributed by atoms with E-state index in [4.69, 9.17) is 5.73 Å². The summed E-state index contributed by atoms with van der Waals surface area (Å²) in [6.07, 6.45) is 0. The maximum atomic E-state index is 13.9. The molecule has 1 fully saturated rings. The lowest BCUT2D eigenvalue weighted by atomic mass is 10.2. The summed E-state index contributed by atoms with van der Waals surface area (Å²) in [6, 6.07) is 0.606. The Morgan fingerprint density at radius 2 is 2.05 bits per heavy atom. The van der Waals surface area contributed by atoms with Crippen molar-refractivity contribution >= 4 is 21.6 Å². The van der Waals surface area contributed by atoms with Gasteiger partial charge in [0.1, 0.15) is 22.4 Å². The SMILES string of the molecule is CC1C(=O)NCCN1S(=O)(=O)c1ccc(F)c(N)c1F. The van der Waals surface area contributed by atoms with Crippen LogP contribution < -0.4 is 11.1 Å². The van der Waals surface area contributed by atoms with E-state index in [1.165, 1.54) is 6.92 Å². The molecular weight excluding hydrogens is 292 g/mol. The van der Waals surface area contributed by atoms with Gasteiger partial charge in [-0.2, -0.15) is 4.31 Å². The summed E-state index contributed by atoms with van der Waals surface area (Å²) in [7, 11) is -4.26. The van der Waals surface area contributed by atoms with Gasteiger partial charge in [-0.25, -0.2) is 17.2 Å². The minimum absolute atomic E-state index is 0.00591. The van der Waals surface area contributed by atoms with E-state index in [2.05, 4.69) is 5.32 Å². The Morgan fingerprint density at radius 1 is 1.40 bits per heavy atom. The molecule has 0 aliphatic carbocycles. The van der Waals surface area contributed by atoms with E-state index in [1.807, 2.05) is 0 Å². The first-order valence-corrected chi connectivity index (χ1v) is 7.24. The van der Waals surface area contributed by atoms with Crippen LogP contribution in [0.25, 0.3) is 0 Å². The van der Waals surface area contributed by atoms with Gasteiger partial charge in [-0.1, -0.05) is 0 Å². The molecule has 1 atom stereocenters. The molecule has 1 aromatic carbocycles. The van der Waals surface area contributed by atoms with Crippen molar-refractivity contribution in [3.05, 3.63) is 23.8 Å². The van der Waals surface area contributed by atoms with E-state index in [0.29, 0.717) is 0 Å². The zero-order valence-electron chi connectivity index (χ0n) is 10.6. The van der Waals surface area contributed by atoms with Crippen molar-refractivity contribution in [3.8, 4) is 0 Å². The Kier molecular flexibility index (Phi) is 3.65. The predicted octanol–water partition coefficient (Wildman–Crippen LogP) is 0.0560. The smallest absolute Gasteiger partial charge is 0.246 e. The van der Waals surface area contributed by atoms with Gasteiger partial charge in [0.25, 0.3) is 0 Å². The van der Waals surface area contributed by atoms with Crippen LogP contribution in [-0.4, -0.2) is 37.8 Å². The topological polar surface area (TPSA) is 92.5 Å². The third-order valence-corrected chi connectivity index (χ3v) is 5.11. The highest BCUT2D eigenvalue weighted by Gasteiger charge is 2.37. The van der Waals surface area contributed by atoms with Gasteiger partial charge >= 0.3 is 0 Å². The second-order valence-electron chi connectivity index (χ2n) is 4.36. The average molecular weight is 305 g/mol. The molecule has 0 bridgehead atoms. The molecule has 1 aromatic rings. The lowest BCUT2D eigenvalue weighted by molar-refractivity contribution is -0.126. The zero-order valence-corrected chi connectivity index (χ0v) is 11.4. The van der Waals surface area contributed by atoms with Crippen molar-refractivity contribution in [1.82, 2.24) is 9.62 Å². The number of amides is 1. The normalized spacial score (nSPS) is 20.8. The molecule has 9 heteroatoms. The number of sulfonamides is 1. The maximum absolute atomic E-state index is 13.9. The van der Waals surface area contributed by atoms with Gasteiger partial charge in [0.2, 0.25) is 15.9 Å². The molecule has 1 amide bonds. The van der Waals surface area contributed by atoms with Crippen molar-refractivity contribution in [3.63, 3.8) is 0 Å². The number of carbonyl (C=O) groups is 1. The predicted molar refractivity (Wildman–Crippen MR) is 67.1 cm³/mol. The van der Waals surface area contributed by atoms with E-state index in [9.17, 15) is 22.0 Å². The fourth-order valence-corrected chi connectivity index (χ4v) is 3.64. The minimum Gasteiger partial charge on any atom is -0.394 e. The second-order valence-corrected chi connectivity index (χ2v) is 6.21. The van der Waals surface area contributed by atoms with Crippen molar-refractivity contribution in [2.24, 2.45) is 0 Å². The zero-order chi connectivity index (χ0) is 15.1. The molecule has 1 aliphatic rings. The molecule has 1 heterocycles. The number of rotatable bonds is 2. The summed E-state index contributed by atoms with van der Waals surface area (Å²) in [6.45, 7) is 1.52. The third-order valence-electron chi connectivity index (χ3n) is 3.12. The highest BCUT2D eigenvalue weighted by atomic mass is 32.2. The lowest BCUT2D eigenvalue weighted by Crippen LogP contribution is -2.55. The molecule has 1 aliphatic heterocycles. The molecule has 0 saturated carbocycles. The van der Waals surface area contributed by atoms with Gasteiger partial charge in [-0.05, 0) is 19.1 Å². The molecule has 6 nitrogen and oxygen atoms in total. The Balaban J connectivity index is 2.51. The van der Waals surface area contributed by atoms with Crippen LogP contribution in [0.2, 0.25) is 0 Å². The van der Waals surface area contributed by atoms with E-state index in [-0.39, 0.29) is 13.1 Å². The van der Waals surface area contributed by atoms with Gasteiger partial charge < -0.3 is 11.1 Å². The molecule has 2 rings (SSSR count). The van der Waals surface area contributed by atoms with E-state index >= 15 is 0 Å². The number of nitrogens with two attached hydrogens (primary N) is 1. The molecule has 110 valence electrons. The summed E-state index contributed by atoms with van der Waals surface area (Å²) in [5.74, 6) is -2.86. The van der Waals surface area contributed by atoms with Crippen LogP contribution in [0.15, 0.2) is 17.0 Å². The lowest BCUT2D eigenvalue weighted by Gasteiger charge is -2.31. The second kappa shape index (κ2) is 4.98. The average Bonchev–Trinajstić information content (AvgIpc) is 2.38. The van der Waals surface area contributed by atoms with Crippen LogP contribution in [-0.2, 0) is 14.8 Å². The number of nitrogens with zero attached hydrogens (tertiary/aromatic N) is 1. The molecular formula is C11H13F2N3O3S. The summed E-state index contributed by atoms with van der Waals surface area (Å²) >= 11 is 0. The highest BCUT2D eigenvalue weighted by molar-refractivity contribution is 7.89. The quantitative estimate of drug-likeness (QED) is 0.756. The summed E-state index contributed by atoms with van der Waals surface area (Å²) in [4.78, 5) is 10.8. The van der Waals surface area contributed by atoms with E-state index < -0.39 is 44.2 Å². The number of nitrogen functional groups attached to an aromatic ring is 1. The van der Waals surface area contributed by atoms with Crippen LogP contribution in [0.5, 0.6) is 0 Å². The van der Waals surface area contributed by atoms with Gasteiger partial charge in [0, 0.05) is 13.1 Å². The monoisotopic (exact) mass is 305 g/mol. The molecule has 1 unspecified atom stereocenters. The number of hydrogen-bond acceptors (Lipinski definition) is 4. The number of nitrogens with one attached hydrogen (secondary N) is 1. The number of piperazine rings is 1. The minimum atomic E-state index is -4.26. The van der Waals surface area contributed by atoms with E-state index in [0.717, 1.165) is 16.4 Å². The summed E-state index contributed by atoms with van der Waals surface area (Å²) in [5, 5.41) is 2.50. The van der Waals surface area contributed by atoms with Crippen LogP contribution >= 0.6 is 0 Å². The number of carbonyl (C=O) groups excluding carboxylic acids is 1. The number of hydrogen-bond donors (Lipinski definition) is 2. The fourth-order valence-electron chi connectivity index (χ4n) is 1.96. The third kappa shape index (κ3) is 2.22. The first kappa shape index (κ1) is 14.7. The summed E-state index contributed by atoms with van der Waals surface area (Å²) < 4.78 is 52.5. The first-order chi connectivity index (χ1) is 9.26. The van der Waals surface area contributed by atoms with Crippen LogP contribution in [0, 0.1) is 11.6 Å². The molecule has 0 aromatic heterocycles. The van der Waals surface area contributed by atoms with Crippen molar-refractivity contribution < 1.29 is 22.0 Å². The van der Waals surface area contributed by atoms with Crippen molar-refractivity contribution in [1.29, 1.82) is 0 Å². The maximum Gasteiger partial charge on any atom is 0.246 e. The van der Waals surface area contributed by atoms with Crippen molar-refractivity contribution in [2.45, 2.75) is 17.9 Å². The van der Waals surface area contributed by atoms with Crippen LogP contribution in [0.4, 0.5) is 14.5 Å². The first-order valence-electron chi connectivity index (χ1n) is 5.80. The molecule has 0 radical (unpaired) electrons. The van der Waals surface area contributed by atoms with Crippen LogP contribution in [0.1, 0.15) is 6.92 Å². The van der Waals surface area contributed by atoms with Gasteiger partial charge in [0.15, 0.2) is 5.82 Å². The molecule has 3 N–H and O–H groups in total. The van der Waals surface area contributed by atoms with Gasteiger partial charge in [-0.3, -0.25) is 4.79 Å². The van der Waals surface area contributed by atoms with Crippen LogP contribution in [0.3, 0.4) is 0 Å². The Bertz CT molecular complexity index is 663. The Hall–Kier alpha value is -1.74. The van der Waals surface area contributed by atoms with Gasteiger partial charge in [-0.15, -0.1) is 0 Å². The molecule has 20 heavy (non-hydrogen) atoms. The molecule has 0 spiro atoms. The fraction of sp³-hybridized carbons (Fsp3) is 0.364. The highest BCUT2D eigenvalue weighted by Crippen LogP contribution is 2.27. The van der Waals surface area contributed by atoms with Crippen molar-refractivity contribution in [2.75, 3.05) is 18.8 Å². The largest absolute Gasteiger partial charge is 0.394 e. The van der Waals surface area contributed by atoms with Gasteiger partial charge in [0.05, 0.1) is 0 Å².